The molecule has 2 aliphatic heterocycles. The van der Waals surface area contributed by atoms with Crippen LogP contribution in [0.3, 0.4) is 0 Å². The Morgan fingerprint density at radius 1 is 1.06 bits per heavy atom. The van der Waals surface area contributed by atoms with Gasteiger partial charge in [-0.3, -0.25) is 19.5 Å². The number of ether oxygens (including phenoxy) is 2. The smallest absolute Gasteiger partial charge is 0.278 e. The molecule has 3 heterocycles. The molecule has 2 aliphatic rings. The van der Waals surface area contributed by atoms with E-state index in [4.69, 9.17) is 9.47 Å². The first-order valence-electron chi connectivity index (χ1n) is 10.6. The highest BCUT2D eigenvalue weighted by molar-refractivity contribution is 6.35. The number of methoxy groups -OCH3 is 2. The van der Waals surface area contributed by atoms with Crippen molar-refractivity contribution in [2.75, 3.05) is 33.9 Å². The zero-order valence-electron chi connectivity index (χ0n) is 18.3. The number of aliphatic hydroxyl groups excluding tert-OH is 1. The van der Waals surface area contributed by atoms with Crippen molar-refractivity contribution in [3.05, 3.63) is 59.5 Å². The van der Waals surface area contributed by atoms with Crippen molar-refractivity contribution in [3.8, 4) is 11.5 Å². The summed E-state index contributed by atoms with van der Waals surface area (Å²) in [5, 5.41) is 9.68. The highest BCUT2D eigenvalue weighted by Crippen LogP contribution is 2.38. The molecule has 168 valence electrons. The summed E-state index contributed by atoms with van der Waals surface area (Å²) in [6.45, 7) is 1.41. The molecular formula is C24H27N3O5. The zero-order valence-corrected chi connectivity index (χ0v) is 18.3. The maximum atomic E-state index is 13.6. The molecule has 0 spiro atoms. The fraction of sp³-hybridized carbons (Fsp3) is 0.375. The summed E-state index contributed by atoms with van der Waals surface area (Å²) >= 11 is 0. The van der Waals surface area contributed by atoms with Gasteiger partial charge in [0.25, 0.3) is 11.8 Å². The van der Waals surface area contributed by atoms with Gasteiger partial charge < -0.3 is 19.5 Å². The Balaban J connectivity index is 1.77. The number of imide groups is 1. The van der Waals surface area contributed by atoms with Crippen LogP contribution >= 0.6 is 0 Å². The van der Waals surface area contributed by atoms with Gasteiger partial charge in [-0.1, -0.05) is 6.07 Å². The molecular weight excluding hydrogens is 410 g/mol. The standard InChI is InChI=1S/C24H27N3O5/c1-31-19-6-5-18(12-20(19)32-2)21-22(26-11-3-4-17(13-26)15-28)24(30)27(23(21)29)14-16-7-9-25-10-8-16/h5-10,12,17,28H,3-4,11,13-15H2,1-2H3. The number of aromatic nitrogens is 1. The fourth-order valence-corrected chi connectivity index (χ4v) is 4.34. The van der Waals surface area contributed by atoms with E-state index in [0.717, 1.165) is 18.4 Å². The SMILES string of the molecule is COc1ccc(C2=C(N3CCCC(CO)C3)C(=O)N(Cc3ccncc3)C2=O)cc1OC. The minimum absolute atomic E-state index is 0.0539. The third kappa shape index (κ3) is 4.05. The van der Waals surface area contributed by atoms with Crippen LogP contribution in [0.25, 0.3) is 5.57 Å². The average molecular weight is 437 g/mol. The van der Waals surface area contributed by atoms with E-state index >= 15 is 0 Å². The molecule has 1 saturated heterocycles. The van der Waals surface area contributed by atoms with Gasteiger partial charge in [0.2, 0.25) is 0 Å². The number of piperidine rings is 1. The molecule has 0 bridgehead atoms. The molecule has 8 heteroatoms. The Morgan fingerprint density at radius 2 is 1.81 bits per heavy atom. The Hall–Kier alpha value is -3.39. The summed E-state index contributed by atoms with van der Waals surface area (Å²) in [5.41, 5.74) is 2.15. The minimum atomic E-state index is -0.347. The number of amides is 2. The van der Waals surface area contributed by atoms with E-state index in [2.05, 4.69) is 4.98 Å². The van der Waals surface area contributed by atoms with Gasteiger partial charge in [0.1, 0.15) is 5.70 Å². The second kappa shape index (κ2) is 9.40. The highest BCUT2D eigenvalue weighted by atomic mass is 16.5. The van der Waals surface area contributed by atoms with Crippen molar-refractivity contribution in [1.82, 2.24) is 14.8 Å². The average Bonchev–Trinajstić information content (AvgIpc) is 3.09. The maximum absolute atomic E-state index is 13.6. The summed E-state index contributed by atoms with van der Waals surface area (Å²) < 4.78 is 10.8. The first-order chi connectivity index (χ1) is 15.6. The number of rotatable bonds is 7. The van der Waals surface area contributed by atoms with Gasteiger partial charge in [-0.05, 0) is 54.2 Å². The zero-order chi connectivity index (χ0) is 22.7. The number of hydrogen-bond acceptors (Lipinski definition) is 7. The molecule has 0 aliphatic carbocycles. The molecule has 8 nitrogen and oxygen atoms in total. The Kier molecular flexibility index (Phi) is 6.41. The van der Waals surface area contributed by atoms with Crippen LogP contribution in [0, 0.1) is 5.92 Å². The van der Waals surface area contributed by atoms with Crippen LogP contribution in [-0.2, 0) is 16.1 Å². The normalized spacial score (nSPS) is 19.0. The first-order valence-corrected chi connectivity index (χ1v) is 10.6. The van der Waals surface area contributed by atoms with Crippen molar-refractivity contribution in [2.24, 2.45) is 5.92 Å². The molecule has 1 N–H and O–H groups in total. The predicted octanol–water partition coefficient (Wildman–Crippen LogP) is 2.08. The number of pyridine rings is 1. The fourth-order valence-electron chi connectivity index (χ4n) is 4.34. The van der Waals surface area contributed by atoms with Crippen molar-refractivity contribution >= 4 is 17.4 Å². The summed E-state index contributed by atoms with van der Waals surface area (Å²) in [5.74, 6) is 0.425. The van der Waals surface area contributed by atoms with E-state index in [0.29, 0.717) is 41.4 Å². The monoisotopic (exact) mass is 437 g/mol. The Morgan fingerprint density at radius 3 is 2.50 bits per heavy atom. The summed E-state index contributed by atoms with van der Waals surface area (Å²) in [6.07, 6.45) is 5.02. The molecule has 1 aromatic carbocycles. The van der Waals surface area contributed by atoms with Gasteiger partial charge in [-0.25, -0.2) is 0 Å². The van der Waals surface area contributed by atoms with E-state index in [1.165, 1.54) is 12.0 Å². The lowest BCUT2D eigenvalue weighted by atomic mass is 9.96. The summed E-state index contributed by atoms with van der Waals surface area (Å²) in [4.78, 5) is 34.3. The lowest BCUT2D eigenvalue weighted by Crippen LogP contribution is -2.40. The van der Waals surface area contributed by atoms with Gasteiger partial charge in [0.15, 0.2) is 11.5 Å². The number of aliphatic hydroxyl groups is 1. The topological polar surface area (TPSA) is 92.2 Å². The van der Waals surface area contributed by atoms with Gasteiger partial charge >= 0.3 is 0 Å². The summed E-state index contributed by atoms with van der Waals surface area (Å²) in [7, 11) is 3.08. The quantitative estimate of drug-likeness (QED) is 0.663. The van der Waals surface area contributed by atoms with E-state index in [-0.39, 0.29) is 30.9 Å². The van der Waals surface area contributed by atoms with Crippen LogP contribution in [0.1, 0.15) is 24.0 Å². The second-order valence-electron chi connectivity index (χ2n) is 7.98. The van der Waals surface area contributed by atoms with Crippen LogP contribution in [0.5, 0.6) is 11.5 Å². The molecule has 1 aromatic heterocycles. The van der Waals surface area contributed by atoms with E-state index in [1.54, 1.807) is 49.8 Å². The van der Waals surface area contributed by atoms with Crippen LogP contribution in [0.15, 0.2) is 48.4 Å². The third-order valence-corrected chi connectivity index (χ3v) is 6.00. The van der Waals surface area contributed by atoms with Crippen LogP contribution in [-0.4, -0.2) is 65.6 Å². The van der Waals surface area contributed by atoms with Crippen LogP contribution in [0.2, 0.25) is 0 Å². The molecule has 0 radical (unpaired) electrons. The van der Waals surface area contributed by atoms with Gasteiger partial charge in [0, 0.05) is 32.1 Å². The van der Waals surface area contributed by atoms with Crippen LogP contribution < -0.4 is 9.47 Å². The van der Waals surface area contributed by atoms with Gasteiger partial charge in [-0.15, -0.1) is 0 Å². The van der Waals surface area contributed by atoms with E-state index in [1.807, 2.05) is 4.90 Å². The van der Waals surface area contributed by atoms with Crippen molar-refractivity contribution in [2.45, 2.75) is 19.4 Å². The largest absolute Gasteiger partial charge is 0.493 e. The van der Waals surface area contributed by atoms with Crippen LogP contribution in [0.4, 0.5) is 0 Å². The Bertz CT molecular complexity index is 1040. The first kappa shape index (κ1) is 21.8. The number of carbonyl (C=O) groups excluding carboxylic acids is 2. The van der Waals surface area contributed by atoms with Gasteiger partial charge in [0.05, 0.1) is 26.3 Å². The molecule has 2 amide bonds. The molecule has 0 saturated carbocycles. The van der Waals surface area contributed by atoms with E-state index in [9.17, 15) is 14.7 Å². The number of benzene rings is 1. The predicted molar refractivity (Wildman–Crippen MR) is 118 cm³/mol. The third-order valence-electron chi connectivity index (χ3n) is 6.00. The molecule has 1 fully saturated rings. The number of carbonyl (C=O) groups is 2. The summed E-state index contributed by atoms with van der Waals surface area (Å²) in [6, 6.07) is 8.80. The molecule has 32 heavy (non-hydrogen) atoms. The lowest BCUT2D eigenvalue weighted by molar-refractivity contribution is -0.138. The number of nitrogens with zero attached hydrogens (tertiary/aromatic N) is 3. The molecule has 4 rings (SSSR count). The molecule has 1 atom stereocenters. The van der Waals surface area contributed by atoms with Gasteiger partial charge in [-0.2, -0.15) is 0 Å². The molecule has 2 aromatic rings. The number of hydrogen-bond donors (Lipinski definition) is 1. The van der Waals surface area contributed by atoms with Crippen molar-refractivity contribution in [1.29, 1.82) is 0 Å². The molecule has 1 unspecified atom stereocenters. The van der Waals surface area contributed by atoms with E-state index < -0.39 is 0 Å². The van der Waals surface area contributed by atoms with Crippen molar-refractivity contribution in [3.63, 3.8) is 0 Å². The minimum Gasteiger partial charge on any atom is -0.493 e. The van der Waals surface area contributed by atoms with Crippen molar-refractivity contribution < 1.29 is 24.2 Å². The lowest BCUT2D eigenvalue weighted by Gasteiger charge is -2.34. The maximum Gasteiger partial charge on any atom is 0.278 e. The second-order valence-corrected chi connectivity index (χ2v) is 7.98. The Labute approximate surface area is 187 Å². The number of likely N-dealkylation sites (tertiary alicyclic amines) is 1. The highest BCUT2D eigenvalue weighted by Gasteiger charge is 2.42.